The summed E-state index contributed by atoms with van der Waals surface area (Å²) in [6, 6.07) is 7.56. The predicted molar refractivity (Wildman–Crippen MR) is 116 cm³/mol. The minimum Gasteiger partial charge on any atom is -0.493 e. The summed E-state index contributed by atoms with van der Waals surface area (Å²) in [6.07, 6.45) is 0.367. The Kier molecular flexibility index (Phi) is 4.58. The number of ether oxygens (including phenoxy) is 4. The van der Waals surface area contributed by atoms with Crippen molar-refractivity contribution in [2.45, 2.75) is 12.6 Å². The number of hydrogen-bond acceptors (Lipinski definition) is 8. The number of benzene rings is 2. The van der Waals surface area contributed by atoms with Crippen molar-refractivity contribution in [3.63, 3.8) is 0 Å². The number of hydrogen-bond donors (Lipinski definition) is 2. The molecule has 5 rings (SSSR count). The molecule has 0 amide bonds. The molecular weight excluding hydrogens is 454 g/mol. The molecule has 2 aromatic carbocycles. The highest BCUT2D eigenvalue weighted by Gasteiger charge is 2.29. The molecule has 0 saturated carbocycles. The smallest absolute Gasteiger partial charge is 0.212 e. The second-order valence-electron chi connectivity index (χ2n) is 6.89. The highest BCUT2D eigenvalue weighted by atomic mass is 79.9. The highest BCUT2D eigenvalue weighted by Crippen LogP contribution is 2.42. The van der Waals surface area contributed by atoms with Crippen LogP contribution in [-0.4, -0.2) is 42.9 Å². The lowest BCUT2D eigenvalue weighted by Gasteiger charge is -2.25. The molecule has 1 atom stereocenters. The van der Waals surface area contributed by atoms with Crippen LogP contribution in [0.1, 0.15) is 18.2 Å². The zero-order valence-electron chi connectivity index (χ0n) is 16.4. The number of nitrogens with zero attached hydrogens (tertiary/aromatic N) is 3. The van der Waals surface area contributed by atoms with Crippen molar-refractivity contribution in [1.29, 1.82) is 0 Å². The summed E-state index contributed by atoms with van der Waals surface area (Å²) >= 11 is 3.64. The number of methoxy groups -OCH3 is 2. The molecule has 2 aliphatic rings. The number of rotatable bonds is 3. The van der Waals surface area contributed by atoms with Crippen LogP contribution in [0.25, 0.3) is 11.0 Å². The summed E-state index contributed by atoms with van der Waals surface area (Å²) < 4.78 is 25.4. The van der Waals surface area contributed by atoms with Crippen LogP contribution in [0, 0.1) is 0 Å². The Hall–Kier alpha value is -3.14. The summed E-state index contributed by atoms with van der Waals surface area (Å²) in [5.74, 6) is 3.46. The normalized spacial score (nSPS) is 17.6. The number of halogens is 1. The van der Waals surface area contributed by atoms with Crippen LogP contribution >= 0.6 is 15.9 Å². The minimum absolute atomic E-state index is 0.276. The van der Waals surface area contributed by atoms with E-state index in [0.717, 1.165) is 27.5 Å². The molecule has 2 aliphatic heterocycles. The van der Waals surface area contributed by atoms with Gasteiger partial charge in [0.15, 0.2) is 35.1 Å². The van der Waals surface area contributed by atoms with Gasteiger partial charge in [-0.15, -0.1) is 0 Å². The van der Waals surface area contributed by atoms with E-state index in [1.165, 1.54) is 0 Å². The SMILES string of the molecule is COc1cc(Br)c(C2N=C(N)Nc3nc4cc5c(cc4n32)OCCCO5)cc1OC. The second-order valence-corrected chi connectivity index (χ2v) is 7.74. The van der Waals surface area contributed by atoms with Gasteiger partial charge in [-0.25, -0.2) is 9.98 Å². The Morgan fingerprint density at radius 1 is 1.10 bits per heavy atom. The van der Waals surface area contributed by atoms with Gasteiger partial charge in [-0.05, 0) is 12.1 Å². The standard InChI is InChI=1S/C20H20BrN5O4/c1-27-14-6-10(11(21)7-15(14)28-2)18-24-19(22)25-20-23-12-8-16-17(9-13(12)26(18)20)30-5-3-4-29-16/h6-9,18H,3-5H2,1-2H3,(H3,22,23,24,25). The molecule has 0 bridgehead atoms. The van der Waals surface area contributed by atoms with E-state index >= 15 is 0 Å². The monoisotopic (exact) mass is 473 g/mol. The van der Waals surface area contributed by atoms with Crippen molar-refractivity contribution in [2.75, 3.05) is 32.8 Å². The molecule has 0 aliphatic carbocycles. The van der Waals surface area contributed by atoms with Crippen LogP contribution in [0.2, 0.25) is 0 Å². The van der Waals surface area contributed by atoms with E-state index in [9.17, 15) is 0 Å². The fraction of sp³-hybridized carbons (Fsp3) is 0.300. The van der Waals surface area contributed by atoms with Crippen LogP contribution in [0.15, 0.2) is 33.7 Å². The number of nitrogens with one attached hydrogen (secondary N) is 1. The van der Waals surface area contributed by atoms with Gasteiger partial charge in [-0.1, -0.05) is 15.9 Å². The summed E-state index contributed by atoms with van der Waals surface area (Å²) in [7, 11) is 3.19. The number of nitrogens with two attached hydrogens (primary N) is 1. The molecule has 10 heteroatoms. The highest BCUT2D eigenvalue weighted by molar-refractivity contribution is 9.10. The first-order valence-corrected chi connectivity index (χ1v) is 10.2. The molecule has 30 heavy (non-hydrogen) atoms. The Morgan fingerprint density at radius 2 is 1.80 bits per heavy atom. The lowest BCUT2D eigenvalue weighted by atomic mass is 10.1. The maximum atomic E-state index is 6.08. The van der Waals surface area contributed by atoms with Gasteiger partial charge >= 0.3 is 0 Å². The topological polar surface area (TPSA) is 105 Å². The molecular formula is C20H20BrN5O4. The number of guanidine groups is 1. The van der Waals surface area contributed by atoms with E-state index < -0.39 is 6.17 Å². The Balaban J connectivity index is 1.71. The average molecular weight is 474 g/mol. The third-order valence-electron chi connectivity index (χ3n) is 5.09. The van der Waals surface area contributed by atoms with Gasteiger partial charge in [0, 0.05) is 28.6 Å². The molecule has 9 nitrogen and oxygen atoms in total. The van der Waals surface area contributed by atoms with Crippen LogP contribution in [0.3, 0.4) is 0 Å². The Labute approximate surface area is 180 Å². The van der Waals surface area contributed by atoms with E-state index in [0.29, 0.717) is 42.2 Å². The first-order chi connectivity index (χ1) is 14.6. The molecule has 0 saturated heterocycles. The van der Waals surface area contributed by atoms with Crippen molar-refractivity contribution in [3.05, 3.63) is 34.3 Å². The van der Waals surface area contributed by atoms with E-state index in [1.807, 2.05) is 28.8 Å². The van der Waals surface area contributed by atoms with E-state index in [-0.39, 0.29) is 5.96 Å². The van der Waals surface area contributed by atoms with E-state index in [4.69, 9.17) is 29.7 Å². The second kappa shape index (κ2) is 7.28. The van der Waals surface area contributed by atoms with Gasteiger partial charge in [0.25, 0.3) is 0 Å². The summed E-state index contributed by atoms with van der Waals surface area (Å²) in [5.41, 5.74) is 8.54. The fourth-order valence-corrected chi connectivity index (χ4v) is 4.23. The maximum Gasteiger partial charge on any atom is 0.212 e. The molecule has 0 spiro atoms. The van der Waals surface area contributed by atoms with Gasteiger partial charge in [-0.2, -0.15) is 0 Å². The van der Waals surface area contributed by atoms with E-state index in [1.54, 1.807) is 14.2 Å². The third-order valence-corrected chi connectivity index (χ3v) is 5.77. The molecule has 1 aromatic heterocycles. The predicted octanol–water partition coefficient (Wildman–Crippen LogP) is 3.26. The largest absolute Gasteiger partial charge is 0.493 e. The minimum atomic E-state index is -0.467. The summed E-state index contributed by atoms with van der Waals surface area (Å²) in [4.78, 5) is 9.35. The molecule has 3 aromatic rings. The van der Waals surface area contributed by atoms with Gasteiger partial charge in [0.1, 0.15) is 0 Å². The molecule has 156 valence electrons. The number of fused-ring (bicyclic) bond motifs is 4. The molecule has 3 N–H and O–H groups in total. The fourth-order valence-electron chi connectivity index (χ4n) is 3.70. The van der Waals surface area contributed by atoms with Gasteiger partial charge in [0.2, 0.25) is 5.95 Å². The van der Waals surface area contributed by atoms with Crippen molar-refractivity contribution < 1.29 is 18.9 Å². The van der Waals surface area contributed by atoms with Crippen molar-refractivity contribution in [3.8, 4) is 23.0 Å². The number of imidazole rings is 1. The van der Waals surface area contributed by atoms with Crippen LogP contribution in [-0.2, 0) is 0 Å². The molecule has 0 radical (unpaired) electrons. The van der Waals surface area contributed by atoms with Crippen LogP contribution in [0.4, 0.5) is 5.95 Å². The maximum absolute atomic E-state index is 6.08. The van der Waals surface area contributed by atoms with Gasteiger partial charge in [0.05, 0.1) is 38.5 Å². The molecule has 3 heterocycles. The average Bonchev–Trinajstić information content (AvgIpc) is 2.92. The zero-order valence-corrected chi connectivity index (χ0v) is 18.0. The number of aliphatic imine (C=N–C) groups is 1. The van der Waals surface area contributed by atoms with Crippen molar-refractivity contribution in [2.24, 2.45) is 10.7 Å². The van der Waals surface area contributed by atoms with Crippen molar-refractivity contribution in [1.82, 2.24) is 9.55 Å². The third kappa shape index (κ3) is 2.98. The first kappa shape index (κ1) is 18.9. The summed E-state index contributed by atoms with van der Waals surface area (Å²) in [5, 5.41) is 3.05. The quantitative estimate of drug-likeness (QED) is 0.601. The van der Waals surface area contributed by atoms with Crippen LogP contribution < -0.4 is 30.0 Å². The first-order valence-electron chi connectivity index (χ1n) is 9.42. The number of aromatic nitrogens is 2. The van der Waals surface area contributed by atoms with Crippen LogP contribution in [0.5, 0.6) is 23.0 Å². The van der Waals surface area contributed by atoms with Gasteiger partial charge < -0.3 is 24.7 Å². The zero-order chi connectivity index (χ0) is 20.8. The Morgan fingerprint density at radius 3 is 2.53 bits per heavy atom. The van der Waals surface area contributed by atoms with Crippen molar-refractivity contribution >= 4 is 38.9 Å². The number of anilines is 1. The lowest BCUT2D eigenvalue weighted by Crippen LogP contribution is -2.31. The summed E-state index contributed by atoms with van der Waals surface area (Å²) in [6.45, 7) is 1.22. The molecule has 0 fully saturated rings. The molecule has 1 unspecified atom stereocenters. The Bertz CT molecular complexity index is 1180. The van der Waals surface area contributed by atoms with E-state index in [2.05, 4.69) is 26.2 Å². The van der Waals surface area contributed by atoms with Gasteiger partial charge in [-0.3, -0.25) is 9.88 Å². The lowest BCUT2D eigenvalue weighted by molar-refractivity contribution is 0.297.